The van der Waals surface area contributed by atoms with Gasteiger partial charge in [-0.3, -0.25) is 5.10 Å². The predicted molar refractivity (Wildman–Crippen MR) is 79.9 cm³/mol. The predicted octanol–water partition coefficient (Wildman–Crippen LogP) is 1.72. The molecule has 2 aromatic rings. The van der Waals surface area contributed by atoms with Crippen LogP contribution in [-0.4, -0.2) is 36.0 Å². The van der Waals surface area contributed by atoms with E-state index in [0.717, 1.165) is 30.8 Å². The molecule has 0 amide bonds. The van der Waals surface area contributed by atoms with Crippen LogP contribution in [0.1, 0.15) is 42.2 Å². The van der Waals surface area contributed by atoms with Crippen molar-refractivity contribution < 1.29 is 14.2 Å². The van der Waals surface area contributed by atoms with Crippen LogP contribution in [0, 0.1) is 0 Å². The monoisotopic (exact) mass is 304 g/mol. The molecule has 1 aliphatic rings. The standard InChI is InChI=1S/C15H20N4O3/c1-20-10-6-5-9(8-12(10)21-2)13(16)15-17-14(18-19-15)11-4-3-7-22-11/h5-6,8,11,13H,3-4,7,16H2,1-2H3,(H,17,18,19)/t11-,13+/m1/s1. The van der Waals surface area contributed by atoms with Gasteiger partial charge in [0, 0.05) is 6.61 Å². The minimum atomic E-state index is -0.439. The van der Waals surface area contributed by atoms with Gasteiger partial charge in [0.1, 0.15) is 6.10 Å². The smallest absolute Gasteiger partial charge is 0.171 e. The summed E-state index contributed by atoms with van der Waals surface area (Å²) < 4.78 is 16.1. The number of nitrogens with one attached hydrogen (secondary N) is 1. The summed E-state index contributed by atoms with van der Waals surface area (Å²) >= 11 is 0. The second-order valence-electron chi connectivity index (χ2n) is 5.17. The third kappa shape index (κ3) is 2.77. The Morgan fingerprint density at radius 3 is 2.82 bits per heavy atom. The summed E-state index contributed by atoms with van der Waals surface area (Å²) in [5.74, 6) is 2.57. The lowest BCUT2D eigenvalue weighted by Gasteiger charge is -2.12. The fourth-order valence-electron chi connectivity index (χ4n) is 2.56. The largest absolute Gasteiger partial charge is 0.493 e. The molecular formula is C15H20N4O3. The van der Waals surface area contributed by atoms with Crippen molar-refractivity contribution in [3.63, 3.8) is 0 Å². The highest BCUT2D eigenvalue weighted by molar-refractivity contribution is 5.44. The van der Waals surface area contributed by atoms with Gasteiger partial charge in [0.25, 0.3) is 0 Å². The van der Waals surface area contributed by atoms with Gasteiger partial charge in [-0.25, -0.2) is 4.98 Å². The summed E-state index contributed by atoms with van der Waals surface area (Å²) in [7, 11) is 3.19. The SMILES string of the molecule is COc1ccc([C@H](N)c2n[nH]c([C@H]3CCCO3)n2)cc1OC. The number of ether oxygens (including phenoxy) is 3. The molecule has 1 aromatic carbocycles. The van der Waals surface area contributed by atoms with Crippen molar-refractivity contribution in [1.82, 2.24) is 15.2 Å². The van der Waals surface area contributed by atoms with Gasteiger partial charge in [-0.15, -0.1) is 0 Å². The Hall–Kier alpha value is -2.12. The van der Waals surface area contributed by atoms with Crippen LogP contribution < -0.4 is 15.2 Å². The number of nitrogens with two attached hydrogens (primary N) is 1. The van der Waals surface area contributed by atoms with Crippen molar-refractivity contribution in [3.05, 3.63) is 35.4 Å². The fraction of sp³-hybridized carbons (Fsp3) is 0.467. The van der Waals surface area contributed by atoms with Gasteiger partial charge in [-0.05, 0) is 30.5 Å². The van der Waals surface area contributed by atoms with Crippen molar-refractivity contribution in [1.29, 1.82) is 0 Å². The van der Waals surface area contributed by atoms with Crippen LogP contribution in [0.2, 0.25) is 0 Å². The first-order valence-electron chi connectivity index (χ1n) is 7.24. The van der Waals surface area contributed by atoms with Gasteiger partial charge in [-0.2, -0.15) is 5.10 Å². The molecule has 1 fully saturated rings. The lowest BCUT2D eigenvalue weighted by molar-refractivity contribution is 0.105. The van der Waals surface area contributed by atoms with E-state index in [9.17, 15) is 0 Å². The fourth-order valence-corrected chi connectivity index (χ4v) is 2.56. The number of rotatable bonds is 5. The molecule has 3 N–H and O–H groups in total. The van der Waals surface area contributed by atoms with Crippen molar-refractivity contribution in [2.24, 2.45) is 5.73 Å². The molecule has 118 valence electrons. The molecule has 0 saturated carbocycles. The molecule has 3 rings (SSSR count). The number of H-pyrrole nitrogens is 1. The van der Waals surface area contributed by atoms with Crippen molar-refractivity contribution in [2.75, 3.05) is 20.8 Å². The van der Waals surface area contributed by atoms with Crippen molar-refractivity contribution in [3.8, 4) is 11.5 Å². The maximum Gasteiger partial charge on any atom is 0.171 e. The first kappa shape index (κ1) is 14.8. The molecule has 0 unspecified atom stereocenters. The molecule has 0 aliphatic carbocycles. The number of hydrogen-bond acceptors (Lipinski definition) is 6. The minimum absolute atomic E-state index is 0.00106. The second-order valence-corrected chi connectivity index (χ2v) is 5.17. The van der Waals surface area contributed by atoms with Crippen LogP contribution in [0.5, 0.6) is 11.5 Å². The van der Waals surface area contributed by atoms with E-state index in [2.05, 4.69) is 15.2 Å². The molecule has 7 nitrogen and oxygen atoms in total. The summed E-state index contributed by atoms with van der Waals surface area (Å²) in [4.78, 5) is 4.48. The Morgan fingerprint density at radius 2 is 2.14 bits per heavy atom. The summed E-state index contributed by atoms with van der Waals surface area (Å²) in [6.45, 7) is 0.766. The molecule has 0 spiro atoms. The minimum Gasteiger partial charge on any atom is -0.493 e. The van der Waals surface area contributed by atoms with Gasteiger partial charge in [0.15, 0.2) is 23.1 Å². The maximum atomic E-state index is 6.26. The lowest BCUT2D eigenvalue weighted by Crippen LogP contribution is -2.14. The number of methoxy groups -OCH3 is 2. The highest BCUT2D eigenvalue weighted by atomic mass is 16.5. The van der Waals surface area contributed by atoms with E-state index in [4.69, 9.17) is 19.9 Å². The third-order valence-electron chi connectivity index (χ3n) is 3.80. The molecule has 2 heterocycles. The Bertz CT molecular complexity index is 637. The molecule has 1 saturated heterocycles. The number of nitrogens with zero attached hydrogens (tertiary/aromatic N) is 2. The normalized spacial score (nSPS) is 19.1. The Labute approximate surface area is 128 Å². The Kier molecular flexibility index (Phi) is 4.26. The van der Waals surface area contributed by atoms with E-state index in [1.54, 1.807) is 14.2 Å². The van der Waals surface area contributed by atoms with Gasteiger partial charge < -0.3 is 19.9 Å². The number of benzene rings is 1. The van der Waals surface area contributed by atoms with E-state index in [0.29, 0.717) is 17.3 Å². The van der Waals surface area contributed by atoms with E-state index in [1.807, 2.05) is 18.2 Å². The molecular weight excluding hydrogens is 284 g/mol. The van der Waals surface area contributed by atoms with Crippen LogP contribution in [-0.2, 0) is 4.74 Å². The zero-order valence-electron chi connectivity index (χ0n) is 12.7. The molecule has 22 heavy (non-hydrogen) atoms. The van der Waals surface area contributed by atoms with Gasteiger partial charge in [0.05, 0.1) is 20.3 Å². The van der Waals surface area contributed by atoms with E-state index >= 15 is 0 Å². The van der Waals surface area contributed by atoms with Crippen LogP contribution in [0.4, 0.5) is 0 Å². The van der Waals surface area contributed by atoms with Crippen molar-refractivity contribution in [2.45, 2.75) is 25.0 Å². The van der Waals surface area contributed by atoms with Gasteiger partial charge in [-0.1, -0.05) is 6.07 Å². The van der Waals surface area contributed by atoms with Crippen molar-refractivity contribution >= 4 is 0 Å². The maximum absolute atomic E-state index is 6.26. The summed E-state index contributed by atoms with van der Waals surface area (Å²) in [5.41, 5.74) is 7.12. The average Bonchev–Trinajstić information content (AvgIpc) is 3.24. The number of hydrogen-bond donors (Lipinski definition) is 2. The van der Waals surface area contributed by atoms with Crippen LogP contribution >= 0.6 is 0 Å². The van der Waals surface area contributed by atoms with Crippen LogP contribution in [0.15, 0.2) is 18.2 Å². The first-order chi connectivity index (χ1) is 10.7. The van der Waals surface area contributed by atoms with Gasteiger partial charge >= 0.3 is 0 Å². The second kappa shape index (κ2) is 6.33. The highest BCUT2D eigenvalue weighted by Gasteiger charge is 2.23. The number of aromatic nitrogens is 3. The topological polar surface area (TPSA) is 95.3 Å². The Balaban J connectivity index is 1.82. The van der Waals surface area contributed by atoms with Crippen LogP contribution in [0.3, 0.4) is 0 Å². The van der Waals surface area contributed by atoms with E-state index in [-0.39, 0.29) is 6.10 Å². The zero-order chi connectivity index (χ0) is 15.5. The zero-order valence-corrected chi connectivity index (χ0v) is 12.7. The van der Waals surface area contributed by atoms with E-state index in [1.165, 1.54) is 0 Å². The quantitative estimate of drug-likeness (QED) is 0.873. The molecule has 1 aromatic heterocycles. The molecule has 0 bridgehead atoms. The molecule has 0 radical (unpaired) electrons. The molecule has 7 heteroatoms. The summed E-state index contributed by atoms with van der Waals surface area (Å²) in [6, 6.07) is 5.10. The average molecular weight is 304 g/mol. The Morgan fingerprint density at radius 1 is 1.32 bits per heavy atom. The number of aromatic amines is 1. The third-order valence-corrected chi connectivity index (χ3v) is 3.80. The first-order valence-corrected chi connectivity index (χ1v) is 7.24. The van der Waals surface area contributed by atoms with E-state index < -0.39 is 6.04 Å². The molecule has 1 aliphatic heterocycles. The van der Waals surface area contributed by atoms with Gasteiger partial charge in [0.2, 0.25) is 0 Å². The van der Waals surface area contributed by atoms with Crippen LogP contribution in [0.25, 0.3) is 0 Å². The summed E-state index contributed by atoms with van der Waals surface area (Å²) in [6.07, 6.45) is 2.00. The highest BCUT2D eigenvalue weighted by Crippen LogP contribution is 2.31. The lowest BCUT2D eigenvalue weighted by atomic mass is 10.1. The summed E-state index contributed by atoms with van der Waals surface area (Å²) in [5, 5.41) is 7.15. The molecule has 2 atom stereocenters.